The van der Waals surface area contributed by atoms with Crippen molar-refractivity contribution in [2.45, 2.75) is 92.4 Å². The maximum atomic E-state index is 4.25. The lowest BCUT2D eigenvalue weighted by Gasteiger charge is -2.15. The highest BCUT2D eigenvalue weighted by atomic mass is 32.1. The summed E-state index contributed by atoms with van der Waals surface area (Å²) in [5.41, 5.74) is 1.51. The van der Waals surface area contributed by atoms with Crippen molar-refractivity contribution in [1.29, 1.82) is 0 Å². The van der Waals surface area contributed by atoms with Crippen LogP contribution >= 0.6 is 12.6 Å². The Bertz CT molecular complexity index is 255. The van der Waals surface area contributed by atoms with Gasteiger partial charge in [-0.2, -0.15) is 12.6 Å². The minimum atomic E-state index is 0.872. The first-order chi connectivity index (χ1) is 9.95. The van der Waals surface area contributed by atoms with Crippen LogP contribution in [-0.4, -0.2) is 5.75 Å². The Labute approximate surface area is 140 Å². The summed E-state index contributed by atoms with van der Waals surface area (Å²) in [6.07, 6.45) is 14.8. The third-order valence-electron chi connectivity index (χ3n) is 4.58. The molecular formula is C20H40S. The van der Waals surface area contributed by atoms with Crippen LogP contribution in [0.4, 0.5) is 0 Å². The predicted molar refractivity (Wildman–Crippen MR) is 102 cm³/mol. The van der Waals surface area contributed by atoms with Crippen molar-refractivity contribution in [2.24, 2.45) is 17.8 Å². The fourth-order valence-corrected chi connectivity index (χ4v) is 3.28. The molecule has 0 saturated carbocycles. The molecule has 0 spiro atoms. The van der Waals surface area contributed by atoms with Gasteiger partial charge >= 0.3 is 0 Å². The molecule has 0 fully saturated rings. The van der Waals surface area contributed by atoms with Gasteiger partial charge in [0.1, 0.15) is 0 Å². The lowest BCUT2D eigenvalue weighted by molar-refractivity contribution is 0.389. The van der Waals surface area contributed by atoms with Gasteiger partial charge in [-0.05, 0) is 37.5 Å². The van der Waals surface area contributed by atoms with Crippen molar-refractivity contribution in [2.75, 3.05) is 5.75 Å². The van der Waals surface area contributed by atoms with Crippen LogP contribution in [0.3, 0.4) is 0 Å². The van der Waals surface area contributed by atoms with Crippen molar-refractivity contribution < 1.29 is 0 Å². The molecule has 0 amide bonds. The summed E-state index contributed by atoms with van der Waals surface area (Å²) in [5, 5.41) is 0. The van der Waals surface area contributed by atoms with Crippen LogP contribution in [-0.2, 0) is 0 Å². The number of rotatable bonds is 13. The number of hydrogen-bond donors (Lipinski definition) is 1. The molecule has 126 valence electrons. The molecule has 0 aromatic carbocycles. The number of hydrogen-bond acceptors (Lipinski definition) is 1. The summed E-state index contributed by atoms with van der Waals surface area (Å²) >= 11 is 4.25. The van der Waals surface area contributed by atoms with Crippen molar-refractivity contribution in [3.8, 4) is 0 Å². The second kappa shape index (κ2) is 13.7. The van der Waals surface area contributed by atoms with E-state index in [0.717, 1.165) is 23.5 Å². The van der Waals surface area contributed by atoms with Crippen LogP contribution in [0.15, 0.2) is 11.6 Å². The molecule has 0 N–H and O–H groups in total. The van der Waals surface area contributed by atoms with Gasteiger partial charge in [-0.15, -0.1) is 0 Å². The molecule has 0 aliphatic carbocycles. The molecule has 0 unspecified atom stereocenters. The SMILES string of the molecule is C/C(=C\CS)CCC[C@H](C)CCC[C@H](C)CCCC(C)C. The van der Waals surface area contributed by atoms with Gasteiger partial charge in [-0.1, -0.05) is 84.3 Å². The van der Waals surface area contributed by atoms with Crippen molar-refractivity contribution in [1.82, 2.24) is 0 Å². The van der Waals surface area contributed by atoms with E-state index < -0.39 is 0 Å². The molecule has 0 aromatic rings. The molecule has 1 heteroatoms. The van der Waals surface area contributed by atoms with E-state index in [-0.39, 0.29) is 0 Å². The molecule has 0 aromatic heterocycles. The van der Waals surface area contributed by atoms with Gasteiger partial charge in [-0.3, -0.25) is 0 Å². The second-order valence-electron chi connectivity index (χ2n) is 7.59. The van der Waals surface area contributed by atoms with Gasteiger partial charge in [0.05, 0.1) is 0 Å². The fourth-order valence-electron chi connectivity index (χ4n) is 2.97. The average Bonchev–Trinajstić information content (AvgIpc) is 2.38. The zero-order valence-electron chi connectivity index (χ0n) is 15.3. The Kier molecular flexibility index (Phi) is 13.8. The normalized spacial score (nSPS) is 15.5. The third kappa shape index (κ3) is 14.8. The van der Waals surface area contributed by atoms with E-state index in [1.165, 1.54) is 63.4 Å². The molecule has 0 bridgehead atoms. The number of thiol groups is 1. The largest absolute Gasteiger partial charge is 0.175 e. The van der Waals surface area contributed by atoms with Crippen molar-refractivity contribution >= 4 is 12.6 Å². The summed E-state index contributed by atoms with van der Waals surface area (Å²) in [7, 11) is 0. The topological polar surface area (TPSA) is 0 Å². The van der Waals surface area contributed by atoms with Crippen LogP contribution in [0, 0.1) is 17.8 Å². The first-order valence-electron chi connectivity index (χ1n) is 9.22. The lowest BCUT2D eigenvalue weighted by Crippen LogP contribution is -2.00. The Morgan fingerprint density at radius 1 is 0.810 bits per heavy atom. The summed E-state index contributed by atoms with van der Waals surface area (Å²) < 4.78 is 0. The van der Waals surface area contributed by atoms with E-state index in [1.807, 2.05) is 0 Å². The zero-order valence-corrected chi connectivity index (χ0v) is 16.2. The van der Waals surface area contributed by atoms with Crippen LogP contribution in [0.2, 0.25) is 0 Å². The summed E-state index contributed by atoms with van der Waals surface area (Å²) in [4.78, 5) is 0. The highest BCUT2D eigenvalue weighted by Gasteiger charge is 2.06. The molecule has 0 rings (SSSR count). The standard InChI is InChI=1S/C20H40S/c1-17(2)9-6-10-18(3)11-7-12-19(4)13-8-14-20(5)15-16-21/h15,17-19,21H,6-14,16H2,1-5H3/b20-15+/t18-,19-/m1/s1. The molecule has 0 radical (unpaired) electrons. The van der Waals surface area contributed by atoms with Gasteiger partial charge in [-0.25, -0.2) is 0 Å². The number of allylic oxidation sites excluding steroid dienone is 1. The highest BCUT2D eigenvalue weighted by molar-refractivity contribution is 7.80. The quantitative estimate of drug-likeness (QED) is 0.267. The van der Waals surface area contributed by atoms with Gasteiger partial charge in [0.15, 0.2) is 0 Å². The van der Waals surface area contributed by atoms with Crippen molar-refractivity contribution in [3.05, 3.63) is 11.6 Å². The first-order valence-corrected chi connectivity index (χ1v) is 9.85. The lowest BCUT2D eigenvalue weighted by atomic mass is 9.91. The van der Waals surface area contributed by atoms with E-state index in [2.05, 4.69) is 53.3 Å². The molecular weight excluding hydrogens is 272 g/mol. The Morgan fingerprint density at radius 2 is 1.29 bits per heavy atom. The van der Waals surface area contributed by atoms with E-state index in [9.17, 15) is 0 Å². The van der Waals surface area contributed by atoms with Gasteiger partial charge in [0, 0.05) is 5.75 Å². The van der Waals surface area contributed by atoms with Gasteiger partial charge < -0.3 is 0 Å². The zero-order chi connectivity index (χ0) is 16.1. The van der Waals surface area contributed by atoms with Gasteiger partial charge in [0.2, 0.25) is 0 Å². The maximum absolute atomic E-state index is 4.25. The molecule has 0 heterocycles. The third-order valence-corrected chi connectivity index (χ3v) is 4.76. The van der Waals surface area contributed by atoms with Crippen LogP contribution in [0.5, 0.6) is 0 Å². The molecule has 0 aliphatic rings. The van der Waals surface area contributed by atoms with Crippen LogP contribution in [0.1, 0.15) is 92.4 Å². The Morgan fingerprint density at radius 3 is 1.76 bits per heavy atom. The average molecular weight is 313 g/mol. The molecule has 0 aliphatic heterocycles. The fraction of sp³-hybridized carbons (Fsp3) is 0.900. The molecule has 0 saturated heterocycles. The van der Waals surface area contributed by atoms with E-state index in [0.29, 0.717) is 0 Å². The highest BCUT2D eigenvalue weighted by Crippen LogP contribution is 2.21. The van der Waals surface area contributed by atoms with Crippen LogP contribution in [0.25, 0.3) is 0 Å². The van der Waals surface area contributed by atoms with Crippen LogP contribution < -0.4 is 0 Å². The first kappa shape index (κ1) is 21.1. The summed E-state index contributed by atoms with van der Waals surface area (Å²) in [6, 6.07) is 0. The monoisotopic (exact) mass is 312 g/mol. The second-order valence-corrected chi connectivity index (χ2v) is 7.96. The van der Waals surface area contributed by atoms with E-state index >= 15 is 0 Å². The Balaban J connectivity index is 3.52. The molecule has 2 atom stereocenters. The molecule has 21 heavy (non-hydrogen) atoms. The Hall–Kier alpha value is 0.0900. The minimum absolute atomic E-state index is 0.872. The van der Waals surface area contributed by atoms with E-state index in [4.69, 9.17) is 0 Å². The smallest absolute Gasteiger partial charge is 0.00850 e. The summed E-state index contributed by atoms with van der Waals surface area (Å²) in [6.45, 7) is 11.8. The maximum Gasteiger partial charge on any atom is 0.00850 e. The predicted octanol–water partition coefficient (Wildman–Crippen LogP) is 7.30. The van der Waals surface area contributed by atoms with E-state index in [1.54, 1.807) is 0 Å². The summed E-state index contributed by atoms with van der Waals surface area (Å²) in [5.74, 6) is 3.58. The van der Waals surface area contributed by atoms with Crippen molar-refractivity contribution in [3.63, 3.8) is 0 Å². The molecule has 0 nitrogen and oxygen atoms in total. The minimum Gasteiger partial charge on any atom is -0.175 e. The van der Waals surface area contributed by atoms with Gasteiger partial charge in [0.25, 0.3) is 0 Å².